The van der Waals surface area contributed by atoms with E-state index < -0.39 is 0 Å². The Morgan fingerprint density at radius 2 is 1.75 bits per heavy atom. The van der Waals surface area contributed by atoms with Crippen molar-refractivity contribution in [1.29, 1.82) is 0 Å². The zero-order chi connectivity index (χ0) is 14.4. The molecular formula is C16H19N3O. The molecule has 20 heavy (non-hydrogen) atoms. The van der Waals surface area contributed by atoms with E-state index in [9.17, 15) is 4.79 Å². The summed E-state index contributed by atoms with van der Waals surface area (Å²) < 4.78 is 0. The number of para-hydroxylation sites is 2. The van der Waals surface area contributed by atoms with Crippen LogP contribution in [0.5, 0.6) is 0 Å². The van der Waals surface area contributed by atoms with E-state index >= 15 is 0 Å². The van der Waals surface area contributed by atoms with Crippen molar-refractivity contribution in [2.75, 3.05) is 17.6 Å². The number of urea groups is 1. The lowest BCUT2D eigenvalue weighted by Gasteiger charge is -2.22. The molecule has 0 saturated heterocycles. The first kappa shape index (κ1) is 13.9. The van der Waals surface area contributed by atoms with E-state index in [1.165, 1.54) is 0 Å². The van der Waals surface area contributed by atoms with Gasteiger partial charge in [0.1, 0.15) is 0 Å². The molecule has 0 spiro atoms. The Hall–Kier alpha value is -2.49. The molecule has 2 rings (SSSR count). The molecule has 0 aliphatic rings. The minimum absolute atomic E-state index is 0.123. The first-order valence-corrected chi connectivity index (χ1v) is 6.65. The highest BCUT2D eigenvalue weighted by molar-refractivity contribution is 5.89. The summed E-state index contributed by atoms with van der Waals surface area (Å²) in [5, 5.41) is 2.88. The number of nitrogens with one attached hydrogen (secondary N) is 1. The second-order valence-electron chi connectivity index (χ2n) is 4.51. The van der Waals surface area contributed by atoms with Crippen molar-refractivity contribution in [2.24, 2.45) is 0 Å². The molecule has 0 unspecified atom stereocenters. The summed E-state index contributed by atoms with van der Waals surface area (Å²) >= 11 is 0. The van der Waals surface area contributed by atoms with Crippen molar-refractivity contribution in [2.45, 2.75) is 13.5 Å². The van der Waals surface area contributed by atoms with Gasteiger partial charge in [-0.1, -0.05) is 36.4 Å². The van der Waals surface area contributed by atoms with Gasteiger partial charge in [-0.2, -0.15) is 0 Å². The van der Waals surface area contributed by atoms with Crippen LogP contribution in [0.2, 0.25) is 0 Å². The molecule has 0 radical (unpaired) electrons. The van der Waals surface area contributed by atoms with E-state index in [-0.39, 0.29) is 6.03 Å². The minimum Gasteiger partial charge on any atom is -0.398 e. The molecular weight excluding hydrogens is 250 g/mol. The van der Waals surface area contributed by atoms with Gasteiger partial charge >= 0.3 is 6.03 Å². The molecule has 0 atom stereocenters. The third-order valence-electron chi connectivity index (χ3n) is 3.11. The molecule has 0 fully saturated rings. The van der Waals surface area contributed by atoms with Gasteiger partial charge < -0.3 is 16.0 Å². The van der Waals surface area contributed by atoms with Gasteiger partial charge in [-0.05, 0) is 30.7 Å². The lowest BCUT2D eigenvalue weighted by molar-refractivity contribution is 0.212. The maximum Gasteiger partial charge on any atom is 0.322 e. The maximum atomic E-state index is 12.2. The number of hydrogen-bond donors (Lipinski definition) is 2. The van der Waals surface area contributed by atoms with Crippen LogP contribution in [0.3, 0.4) is 0 Å². The Bertz CT molecular complexity index is 569. The van der Waals surface area contributed by atoms with Gasteiger partial charge in [0.15, 0.2) is 0 Å². The average Bonchev–Trinajstić information content (AvgIpc) is 2.47. The third kappa shape index (κ3) is 3.51. The van der Waals surface area contributed by atoms with Gasteiger partial charge in [0.25, 0.3) is 0 Å². The van der Waals surface area contributed by atoms with Gasteiger partial charge in [0.2, 0.25) is 0 Å². The maximum absolute atomic E-state index is 12.2. The van der Waals surface area contributed by atoms with Crippen molar-refractivity contribution >= 4 is 17.4 Å². The molecule has 104 valence electrons. The molecule has 2 aromatic rings. The van der Waals surface area contributed by atoms with E-state index in [4.69, 9.17) is 5.73 Å². The Balaban J connectivity index is 2.05. The predicted octanol–water partition coefficient (Wildman–Crippen LogP) is 3.32. The van der Waals surface area contributed by atoms with E-state index in [1.807, 2.05) is 61.5 Å². The molecule has 0 bridgehead atoms. The normalized spacial score (nSPS) is 10.1. The van der Waals surface area contributed by atoms with E-state index in [1.54, 1.807) is 4.90 Å². The lowest BCUT2D eigenvalue weighted by Crippen LogP contribution is -2.34. The number of carbonyl (C=O) groups is 1. The molecule has 4 nitrogen and oxygen atoms in total. The summed E-state index contributed by atoms with van der Waals surface area (Å²) in [7, 11) is 0. The zero-order valence-corrected chi connectivity index (χ0v) is 11.5. The van der Waals surface area contributed by atoms with Crippen molar-refractivity contribution in [3.8, 4) is 0 Å². The van der Waals surface area contributed by atoms with Crippen LogP contribution >= 0.6 is 0 Å². The summed E-state index contributed by atoms with van der Waals surface area (Å²) in [6, 6.07) is 16.9. The van der Waals surface area contributed by atoms with Gasteiger partial charge in [-0.25, -0.2) is 4.79 Å². The number of benzene rings is 2. The minimum atomic E-state index is -0.123. The van der Waals surface area contributed by atoms with Crippen molar-refractivity contribution < 1.29 is 4.79 Å². The quantitative estimate of drug-likeness (QED) is 0.836. The van der Waals surface area contributed by atoms with E-state index in [0.29, 0.717) is 18.8 Å². The highest BCUT2D eigenvalue weighted by atomic mass is 16.2. The Labute approximate surface area is 119 Å². The topological polar surface area (TPSA) is 58.4 Å². The Kier molecular flexibility index (Phi) is 4.60. The summed E-state index contributed by atoms with van der Waals surface area (Å²) in [6.07, 6.45) is 0. The van der Waals surface area contributed by atoms with Gasteiger partial charge in [0.05, 0.1) is 0 Å². The summed E-state index contributed by atoms with van der Waals surface area (Å²) in [5.74, 6) is 0. The molecule has 0 aromatic heterocycles. The third-order valence-corrected chi connectivity index (χ3v) is 3.11. The zero-order valence-electron chi connectivity index (χ0n) is 11.5. The molecule has 2 aromatic carbocycles. The van der Waals surface area contributed by atoms with Crippen LogP contribution in [-0.4, -0.2) is 17.5 Å². The molecule has 0 heterocycles. The first-order chi connectivity index (χ1) is 9.70. The average molecular weight is 269 g/mol. The largest absolute Gasteiger partial charge is 0.398 e. The molecule has 3 N–H and O–H groups in total. The molecule has 2 amide bonds. The summed E-state index contributed by atoms with van der Waals surface area (Å²) in [5.41, 5.74) is 8.37. The predicted molar refractivity (Wildman–Crippen MR) is 82.4 cm³/mol. The van der Waals surface area contributed by atoms with Crippen LogP contribution in [0, 0.1) is 0 Å². The Morgan fingerprint density at radius 3 is 2.40 bits per heavy atom. The molecule has 0 aliphatic heterocycles. The monoisotopic (exact) mass is 269 g/mol. The van der Waals surface area contributed by atoms with Gasteiger partial charge in [-0.3, -0.25) is 0 Å². The number of carbonyl (C=O) groups excluding carboxylic acids is 1. The highest BCUT2D eigenvalue weighted by Gasteiger charge is 2.13. The number of nitrogens with two attached hydrogens (primary N) is 1. The van der Waals surface area contributed by atoms with Crippen LogP contribution in [0.15, 0.2) is 54.6 Å². The molecule has 0 aliphatic carbocycles. The lowest BCUT2D eigenvalue weighted by atomic mass is 10.1. The Morgan fingerprint density at radius 1 is 1.10 bits per heavy atom. The fourth-order valence-electron chi connectivity index (χ4n) is 1.94. The van der Waals surface area contributed by atoms with Gasteiger partial charge in [0, 0.05) is 24.5 Å². The molecule has 4 heteroatoms. The number of rotatable bonds is 4. The fourth-order valence-corrected chi connectivity index (χ4v) is 1.94. The van der Waals surface area contributed by atoms with Gasteiger partial charge in [-0.15, -0.1) is 0 Å². The van der Waals surface area contributed by atoms with Crippen LogP contribution in [0.1, 0.15) is 12.5 Å². The number of nitrogen functional groups attached to an aromatic ring is 1. The van der Waals surface area contributed by atoms with Crippen LogP contribution in [0.25, 0.3) is 0 Å². The second kappa shape index (κ2) is 6.61. The van der Waals surface area contributed by atoms with E-state index in [0.717, 1.165) is 11.3 Å². The first-order valence-electron chi connectivity index (χ1n) is 6.65. The fraction of sp³-hybridized carbons (Fsp3) is 0.188. The van der Waals surface area contributed by atoms with Crippen LogP contribution in [0.4, 0.5) is 16.2 Å². The van der Waals surface area contributed by atoms with Crippen LogP contribution < -0.4 is 11.1 Å². The molecule has 0 saturated carbocycles. The SMILES string of the molecule is CCN(Cc1ccccc1N)C(=O)Nc1ccccc1. The van der Waals surface area contributed by atoms with Crippen molar-refractivity contribution in [3.63, 3.8) is 0 Å². The second-order valence-corrected chi connectivity index (χ2v) is 4.51. The number of hydrogen-bond acceptors (Lipinski definition) is 2. The number of anilines is 2. The number of amides is 2. The standard InChI is InChI=1S/C16H19N3O/c1-2-19(12-13-8-6-7-11-15(13)17)16(20)18-14-9-4-3-5-10-14/h3-11H,2,12,17H2,1H3,(H,18,20). The summed E-state index contributed by atoms with van der Waals surface area (Å²) in [6.45, 7) is 3.07. The van der Waals surface area contributed by atoms with Crippen molar-refractivity contribution in [1.82, 2.24) is 4.90 Å². The van der Waals surface area contributed by atoms with E-state index in [2.05, 4.69) is 5.32 Å². The smallest absolute Gasteiger partial charge is 0.322 e. The highest BCUT2D eigenvalue weighted by Crippen LogP contribution is 2.14. The number of nitrogens with zero attached hydrogens (tertiary/aromatic N) is 1. The van der Waals surface area contributed by atoms with Crippen LogP contribution in [-0.2, 0) is 6.54 Å². The summed E-state index contributed by atoms with van der Waals surface area (Å²) in [4.78, 5) is 14.0. The van der Waals surface area contributed by atoms with Crippen molar-refractivity contribution in [3.05, 3.63) is 60.2 Å².